The summed E-state index contributed by atoms with van der Waals surface area (Å²) in [7, 11) is 0. The molecule has 6 nitrogen and oxygen atoms in total. The lowest BCUT2D eigenvalue weighted by Crippen LogP contribution is -2.02. The molecule has 0 unspecified atom stereocenters. The van der Waals surface area contributed by atoms with Crippen LogP contribution in [-0.4, -0.2) is 19.1 Å². The van der Waals surface area contributed by atoms with Crippen LogP contribution in [-0.2, 0) is 0 Å². The molecule has 5 heterocycles. The lowest BCUT2D eigenvalue weighted by Gasteiger charge is -2.13. The average molecular weight is 793 g/mol. The smallest absolute Gasteiger partial charge is 0.162 e. The molecule has 0 atom stereocenters. The van der Waals surface area contributed by atoms with Crippen LogP contribution in [0.5, 0.6) is 0 Å². The maximum Gasteiger partial charge on any atom is 0.162 e. The van der Waals surface area contributed by atoms with Crippen LogP contribution in [0.4, 0.5) is 0 Å². The molecule has 0 radical (unpaired) electrons. The maximum absolute atomic E-state index is 6.25. The van der Waals surface area contributed by atoms with Gasteiger partial charge in [-0.2, -0.15) is 0 Å². The van der Waals surface area contributed by atoms with Crippen molar-refractivity contribution in [2.75, 3.05) is 0 Å². The highest BCUT2D eigenvalue weighted by Crippen LogP contribution is 2.44. The first-order valence-corrected chi connectivity index (χ1v) is 20.9. The molecule has 0 saturated carbocycles. The first-order valence-electron chi connectivity index (χ1n) is 20.9. The average Bonchev–Trinajstić information content (AvgIpc) is 4.08. The van der Waals surface area contributed by atoms with E-state index in [0.29, 0.717) is 5.82 Å². The lowest BCUT2D eigenvalue weighted by atomic mass is 10.1. The Morgan fingerprint density at radius 2 is 0.855 bits per heavy atom. The van der Waals surface area contributed by atoms with Gasteiger partial charge in [-0.3, -0.25) is 4.57 Å². The molecule has 0 aliphatic heterocycles. The second-order valence-corrected chi connectivity index (χ2v) is 16.1. The van der Waals surface area contributed by atoms with Crippen molar-refractivity contribution >= 4 is 98.3 Å². The van der Waals surface area contributed by atoms with Crippen LogP contribution in [0, 0.1) is 0 Å². The van der Waals surface area contributed by atoms with E-state index in [9.17, 15) is 0 Å². The number of nitrogens with zero attached hydrogens (tertiary/aromatic N) is 4. The van der Waals surface area contributed by atoms with E-state index < -0.39 is 0 Å². The van der Waals surface area contributed by atoms with Crippen LogP contribution in [0.3, 0.4) is 0 Å². The summed E-state index contributed by atoms with van der Waals surface area (Å²) < 4.78 is 17.3. The van der Waals surface area contributed by atoms with Crippen molar-refractivity contribution < 1.29 is 8.83 Å². The van der Waals surface area contributed by atoms with Gasteiger partial charge < -0.3 is 13.4 Å². The number of furan rings is 2. The quantitative estimate of drug-likeness (QED) is 0.178. The molecule has 9 aromatic carbocycles. The molecule has 5 aromatic heterocycles. The summed E-state index contributed by atoms with van der Waals surface area (Å²) in [6.45, 7) is 0. The molecule has 0 aliphatic carbocycles. The van der Waals surface area contributed by atoms with E-state index >= 15 is 0 Å². The summed E-state index contributed by atoms with van der Waals surface area (Å²) in [4.78, 5) is 10.8. The van der Waals surface area contributed by atoms with Gasteiger partial charge in [-0.25, -0.2) is 9.97 Å². The van der Waals surface area contributed by atoms with Gasteiger partial charge in [0.1, 0.15) is 28.1 Å². The van der Waals surface area contributed by atoms with E-state index in [2.05, 4.69) is 167 Å². The van der Waals surface area contributed by atoms with E-state index in [0.717, 1.165) is 94.1 Å². The Morgan fingerprint density at radius 1 is 0.339 bits per heavy atom. The summed E-state index contributed by atoms with van der Waals surface area (Å²) in [6, 6.07) is 68.4. The Morgan fingerprint density at radius 3 is 1.55 bits per heavy atom. The van der Waals surface area contributed by atoms with Gasteiger partial charge in [0.25, 0.3) is 0 Å². The van der Waals surface area contributed by atoms with E-state index in [1.165, 1.54) is 32.4 Å². The van der Waals surface area contributed by atoms with Crippen molar-refractivity contribution in [2.45, 2.75) is 0 Å². The van der Waals surface area contributed by atoms with Crippen molar-refractivity contribution in [2.24, 2.45) is 0 Å². The van der Waals surface area contributed by atoms with Gasteiger partial charge in [-0.05, 0) is 84.2 Å². The highest BCUT2D eigenvalue weighted by Gasteiger charge is 2.23. The van der Waals surface area contributed by atoms with Crippen molar-refractivity contribution in [1.82, 2.24) is 19.1 Å². The summed E-state index contributed by atoms with van der Waals surface area (Å²) in [5.41, 5.74) is 11.7. The van der Waals surface area contributed by atoms with Crippen LogP contribution >= 0.6 is 0 Å². The zero-order chi connectivity index (χ0) is 40.5. The molecule has 0 fully saturated rings. The zero-order valence-electron chi connectivity index (χ0n) is 33.1. The van der Waals surface area contributed by atoms with Crippen LogP contribution in [0.2, 0.25) is 0 Å². The Kier molecular flexibility index (Phi) is 6.74. The lowest BCUT2D eigenvalue weighted by molar-refractivity contribution is 0.668. The second kappa shape index (κ2) is 12.5. The fourth-order valence-electron chi connectivity index (χ4n) is 10.0. The summed E-state index contributed by atoms with van der Waals surface area (Å²) >= 11 is 0. The second-order valence-electron chi connectivity index (χ2n) is 16.1. The molecule has 0 aliphatic rings. The SMILES string of the molecule is c1ccc2c(-n3c4ccccc4c4c5c6ccccc6n(-c6cc(-c7ccc8oc9ccccc9c8c7)nc(-c7ccc8oc9ccccc9c8c7)n6)c5ccc43)cccc2c1. The molecule has 14 rings (SSSR count). The van der Waals surface area contributed by atoms with Gasteiger partial charge in [0.2, 0.25) is 0 Å². The minimum absolute atomic E-state index is 0.626. The Bertz CT molecular complexity index is 4050. The van der Waals surface area contributed by atoms with Gasteiger partial charge in [-0.15, -0.1) is 0 Å². The number of hydrogen-bond acceptors (Lipinski definition) is 4. The number of para-hydroxylation sites is 4. The minimum Gasteiger partial charge on any atom is -0.456 e. The first-order chi connectivity index (χ1) is 30.7. The molecule has 0 N–H and O–H groups in total. The largest absolute Gasteiger partial charge is 0.456 e. The minimum atomic E-state index is 0.626. The standard InChI is InChI=1S/C56H32N4O2/c1-2-14-36-33(12-1)13-11-21-44(36)59-45-19-7-3-17-39(45)54-47(59)26-27-48-55(54)40-18-4-8-20-46(40)60(48)53-32-43(34-24-28-51-41(30-34)37-15-5-9-22-49(37)61-51)57-56(58-53)35-25-29-52-42(31-35)38-16-6-10-23-50(38)62-52/h1-32H. The van der Waals surface area contributed by atoms with E-state index in [4.69, 9.17) is 18.8 Å². The van der Waals surface area contributed by atoms with Crippen LogP contribution in [0.15, 0.2) is 203 Å². The molecule has 6 heteroatoms. The predicted molar refractivity (Wildman–Crippen MR) is 254 cm³/mol. The Hall–Kier alpha value is -8.48. The molecule has 62 heavy (non-hydrogen) atoms. The van der Waals surface area contributed by atoms with Gasteiger partial charge in [0.15, 0.2) is 5.82 Å². The van der Waals surface area contributed by atoms with Crippen molar-refractivity contribution in [3.05, 3.63) is 194 Å². The van der Waals surface area contributed by atoms with Gasteiger partial charge >= 0.3 is 0 Å². The van der Waals surface area contributed by atoms with E-state index in [1.54, 1.807) is 0 Å². The van der Waals surface area contributed by atoms with Gasteiger partial charge in [0, 0.05) is 65.7 Å². The molecule has 14 aromatic rings. The number of hydrogen-bond donors (Lipinski definition) is 0. The molecule has 0 saturated heterocycles. The fraction of sp³-hybridized carbons (Fsp3) is 0. The van der Waals surface area contributed by atoms with Crippen LogP contribution in [0.25, 0.3) is 132 Å². The monoisotopic (exact) mass is 792 g/mol. The maximum atomic E-state index is 6.25. The number of benzene rings is 9. The summed E-state index contributed by atoms with van der Waals surface area (Å²) in [6.07, 6.45) is 0. The van der Waals surface area contributed by atoms with Crippen LogP contribution < -0.4 is 0 Å². The summed E-state index contributed by atoms with van der Waals surface area (Å²) in [5, 5.41) is 11.4. The van der Waals surface area contributed by atoms with Crippen molar-refractivity contribution in [1.29, 1.82) is 0 Å². The topological polar surface area (TPSA) is 61.9 Å². The number of fused-ring (bicyclic) bond motifs is 14. The fourth-order valence-corrected chi connectivity index (χ4v) is 10.0. The third kappa shape index (κ3) is 4.69. The normalized spacial score (nSPS) is 12.2. The third-order valence-electron chi connectivity index (χ3n) is 12.7. The van der Waals surface area contributed by atoms with Crippen LogP contribution in [0.1, 0.15) is 0 Å². The molecular formula is C56H32N4O2. The van der Waals surface area contributed by atoms with Gasteiger partial charge in [0.05, 0.1) is 33.4 Å². The Balaban J connectivity index is 1.07. The highest BCUT2D eigenvalue weighted by atomic mass is 16.3. The molecule has 0 bridgehead atoms. The van der Waals surface area contributed by atoms with E-state index in [-0.39, 0.29) is 0 Å². The number of rotatable bonds is 4. The molecular weight excluding hydrogens is 761 g/mol. The highest BCUT2D eigenvalue weighted by molar-refractivity contribution is 6.29. The van der Waals surface area contributed by atoms with Crippen molar-refractivity contribution in [3.8, 4) is 34.2 Å². The predicted octanol–water partition coefficient (Wildman–Crippen LogP) is 15.0. The first kappa shape index (κ1) is 33.4. The Labute approximate surface area is 353 Å². The molecule has 0 spiro atoms. The number of aromatic nitrogens is 4. The zero-order valence-corrected chi connectivity index (χ0v) is 33.1. The van der Waals surface area contributed by atoms with E-state index in [1.807, 2.05) is 36.4 Å². The molecule has 288 valence electrons. The van der Waals surface area contributed by atoms with Crippen molar-refractivity contribution in [3.63, 3.8) is 0 Å². The molecule has 0 amide bonds. The van der Waals surface area contributed by atoms with Gasteiger partial charge in [-0.1, -0.05) is 109 Å². The summed E-state index contributed by atoms with van der Waals surface area (Å²) in [5.74, 6) is 1.41. The third-order valence-corrected chi connectivity index (χ3v) is 12.7.